The number of hydrogen-bond donors (Lipinski definition) is 3. The number of nitrogens with one attached hydrogen (secondary N) is 2. The Morgan fingerprint density at radius 1 is 1.12 bits per heavy atom. The Morgan fingerprint density at radius 3 is 2.42 bits per heavy atom. The van der Waals surface area contributed by atoms with Gasteiger partial charge in [0, 0.05) is 27.4 Å². The molecular formula is C29H31FN6O7. The van der Waals surface area contributed by atoms with Gasteiger partial charge in [-0.15, -0.1) is 10.2 Å². The maximum atomic E-state index is 13.6. The van der Waals surface area contributed by atoms with E-state index >= 15 is 0 Å². The number of hydrogen-bond acceptors (Lipinski definition) is 11. The molecule has 2 aromatic carbocycles. The lowest BCUT2D eigenvalue weighted by Gasteiger charge is -2.30. The second-order valence-electron chi connectivity index (χ2n) is 10.1. The van der Waals surface area contributed by atoms with Crippen LogP contribution >= 0.6 is 0 Å². The Hall–Kier alpha value is -4.95. The fourth-order valence-electron chi connectivity index (χ4n) is 4.14. The van der Waals surface area contributed by atoms with Gasteiger partial charge in [0.15, 0.2) is 11.9 Å². The highest BCUT2D eigenvalue weighted by atomic mass is 19.1. The summed E-state index contributed by atoms with van der Waals surface area (Å²) < 4.78 is 30.8. The lowest BCUT2D eigenvalue weighted by molar-refractivity contribution is -0.0385. The number of amides is 1. The third-order valence-corrected chi connectivity index (χ3v) is 6.23. The minimum atomic E-state index is -1.43. The number of halogens is 1. The number of rotatable bonds is 11. The molecule has 226 valence electrons. The highest BCUT2D eigenvalue weighted by Gasteiger charge is 2.34. The standard InChI is InChI=1S/C29H31FN6O7/c1-16-34-35-25(41-16)24(38)33-29(3,4)28-32-21(23(37)31-15-18-11-13-20(30)14-12-18)22(26(39)36(28)5)42-17(2)43-27(40)19-9-7-6-8-10-19/h6-14,17,24,33,38H,15H2,1-5H3,(H,31,37). The maximum Gasteiger partial charge on any atom is 0.341 e. The van der Waals surface area contributed by atoms with Gasteiger partial charge in [-0.25, -0.2) is 14.2 Å². The van der Waals surface area contributed by atoms with Gasteiger partial charge in [0.05, 0.1) is 11.1 Å². The molecule has 0 aliphatic rings. The Bertz CT molecular complexity index is 1650. The topological polar surface area (TPSA) is 171 Å². The Morgan fingerprint density at radius 2 is 1.79 bits per heavy atom. The minimum absolute atomic E-state index is 0.0137. The quantitative estimate of drug-likeness (QED) is 0.172. The first-order valence-corrected chi connectivity index (χ1v) is 13.2. The predicted octanol–water partition coefficient (Wildman–Crippen LogP) is 2.64. The third kappa shape index (κ3) is 7.47. The van der Waals surface area contributed by atoms with Crippen LogP contribution in [0.25, 0.3) is 0 Å². The van der Waals surface area contributed by atoms with Crippen molar-refractivity contribution in [3.8, 4) is 5.75 Å². The summed E-state index contributed by atoms with van der Waals surface area (Å²) in [5, 5.41) is 23.6. The van der Waals surface area contributed by atoms with E-state index in [1.54, 1.807) is 51.1 Å². The number of ether oxygens (including phenoxy) is 2. The maximum absolute atomic E-state index is 13.6. The van der Waals surface area contributed by atoms with Gasteiger partial charge in [0.2, 0.25) is 17.9 Å². The molecule has 1 amide bonds. The van der Waals surface area contributed by atoms with Crippen molar-refractivity contribution in [1.82, 2.24) is 30.4 Å². The monoisotopic (exact) mass is 594 g/mol. The van der Waals surface area contributed by atoms with Gasteiger partial charge < -0.3 is 24.3 Å². The summed E-state index contributed by atoms with van der Waals surface area (Å²) >= 11 is 0. The van der Waals surface area contributed by atoms with E-state index in [1.165, 1.54) is 38.2 Å². The molecule has 0 fully saturated rings. The van der Waals surface area contributed by atoms with Gasteiger partial charge in [-0.2, -0.15) is 0 Å². The smallest absolute Gasteiger partial charge is 0.341 e. The Labute approximate surface area is 245 Å². The molecule has 0 saturated carbocycles. The van der Waals surface area contributed by atoms with Gasteiger partial charge in [-0.1, -0.05) is 30.3 Å². The highest BCUT2D eigenvalue weighted by Crippen LogP contribution is 2.24. The normalized spacial score (nSPS) is 12.8. The van der Waals surface area contributed by atoms with Crippen LogP contribution in [0.5, 0.6) is 5.75 Å². The molecular weight excluding hydrogens is 563 g/mol. The number of aliphatic hydroxyl groups excluding tert-OH is 1. The molecule has 0 aliphatic carbocycles. The molecule has 14 heteroatoms. The van der Waals surface area contributed by atoms with Crippen LogP contribution in [-0.4, -0.2) is 43.0 Å². The van der Waals surface area contributed by atoms with Crippen LogP contribution in [0.3, 0.4) is 0 Å². The van der Waals surface area contributed by atoms with E-state index in [4.69, 9.17) is 13.9 Å². The zero-order valence-corrected chi connectivity index (χ0v) is 24.1. The molecule has 13 nitrogen and oxygen atoms in total. The second-order valence-corrected chi connectivity index (χ2v) is 10.1. The average molecular weight is 595 g/mol. The summed E-state index contributed by atoms with van der Waals surface area (Å²) in [6.07, 6.45) is -2.72. The molecule has 0 saturated heterocycles. The SMILES string of the molecule is Cc1nnc(C(O)NC(C)(C)c2nc(C(=O)NCc3ccc(F)cc3)c(OC(C)OC(=O)c3ccccc3)c(=O)n2C)o1. The average Bonchev–Trinajstić information content (AvgIpc) is 3.41. The molecule has 4 aromatic rings. The molecule has 43 heavy (non-hydrogen) atoms. The lowest BCUT2D eigenvalue weighted by Crippen LogP contribution is -2.45. The summed E-state index contributed by atoms with van der Waals surface area (Å²) in [6.45, 7) is 6.18. The zero-order valence-electron chi connectivity index (χ0n) is 24.1. The first-order valence-electron chi connectivity index (χ1n) is 13.2. The number of carbonyl (C=O) groups is 2. The van der Waals surface area contributed by atoms with Crippen LogP contribution in [0.1, 0.15) is 71.0 Å². The van der Waals surface area contributed by atoms with Crippen molar-refractivity contribution in [2.75, 3.05) is 0 Å². The van der Waals surface area contributed by atoms with E-state index in [2.05, 4.69) is 25.8 Å². The molecule has 2 aromatic heterocycles. The third-order valence-electron chi connectivity index (χ3n) is 6.23. The summed E-state index contributed by atoms with van der Waals surface area (Å²) in [5.41, 5.74) is -1.56. The molecule has 2 unspecified atom stereocenters. The molecule has 3 N–H and O–H groups in total. The first kappa shape index (κ1) is 31.0. The molecule has 0 spiro atoms. The summed E-state index contributed by atoms with van der Waals surface area (Å²) in [4.78, 5) is 44.1. The summed E-state index contributed by atoms with van der Waals surface area (Å²) in [5.74, 6) is -2.22. The van der Waals surface area contributed by atoms with Crippen molar-refractivity contribution < 1.29 is 33.0 Å². The van der Waals surface area contributed by atoms with Crippen molar-refractivity contribution in [3.63, 3.8) is 0 Å². The first-order chi connectivity index (χ1) is 20.4. The van der Waals surface area contributed by atoms with Crippen molar-refractivity contribution >= 4 is 11.9 Å². The zero-order chi connectivity index (χ0) is 31.3. The van der Waals surface area contributed by atoms with E-state index in [-0.39, 0.29) is 29.7 Å². The van der Waals surface area contributed by atoms with E-state index in [9.17, 15) is 23.9 Å². The van der Waals surface area contributed by atoms with E-state index in [0.717, 1.165) is 4.57 Å². The highest BCUT2D eigenvalue weighted by molar-refractivity contribution is 5.95. The molecule has 2 atom stereocenters. The summed E-state index contributed by atoms with van der Waals surface area (Å²) in [7, 11) is 1.41. The van der Waals surface area contributed by atoms with Crippen LogP contribution in [0.2, 0.25) is 0 Å². The van der Waals surface area contributed by atoms with Crippen LogP contribution < -0.4 is 20.9 Å². The van der Waals surface area contributed by atoms with E-state index < -0.39 is 52.8 Å². The molecule has 0 radical (unpaired) electrons. The van der Waals surface area contributed by atoms with Gasteiger partial charge >= 0.3 is 5.97 Å². The van der Waals surface area contributed by atoms with Gasteiger partial charge in [-0.05, 0) is 43.7 Å². The summed E-state index contributed by atoms with van der Waals surface area (Å²) in [6, 6.07) is 13.7. The number of carbonyl (C=O) groups excluding carboxylic acids is 2. The van der Waals surface area contributed by atoms with Crippen LogP contribution in [0, 0.1) is 12.7 Å². The molecule has 4 rings (SSSR count). The van der Waals surface area contributed by atoms with Gasteiger partial charge in [0.1, 0.15) is 11.6 Å². The van der Waals surface area contributed by atoms with Crippen molar-refractivity contribution in [3.05, 3.63) is 105 Å². The van der Waals surface area contributed by atoms with E-state index in [0.29, 0.717) is 5.56 Å². The fraction of sp³-hybridized carbons (Fsp3) is 0.310. The number of benzene rings is 2. The Kier molecular flexibility index (Phi) is 9.31. The van der Waals surface area contributed by atoms with Crippen molar-refractivity contribution in [1.29, 1.82) is 0 Å². The van der Waals surface area contributed by atoms with Crippen molar-refractivity contribution in [2.24, 2.45) is 7.05 Å². The number of aromatic nitrogens is 4. The minimum Gasteiger partial charge on any atom is -0.447 e. The number of aryl methyl sites for hydroxylation is 1. The molecule has 0 bridgehead atoms. The number of esters is 1. The van der Waals surface area contributed by atoms with Gasteiger partial charge in [0.25, 0.3) is 17.4 Å². The van der Waals surface area contributed by atoms with E-state index in [1.807, 2.05) is 0 Å². The largest absolute Gasteiger partial charge is 0.447 e. The molecule has 0 aliphatic heterocycles. The van der Waals surface area contributed by atoms with Crippen LogP contribution in [0.4, 0.5) is 4.39 Å². The predicted molar refractivity (Wildman–Crippen MR) is 149 cm³/mol. The van der Waals surface area contributed by atoms with Gasteiger partial charge in [-0.3, -0.25) is 19.5 Å². The Balaban J connectivity index is 1.67. The second kappa shape index (κ2) is 12.9. The lowest BCUT2D eigenvalue weighted by atomic mass is 10.0. The number of aliphatic hydroxyl groups is 1. The van der Waals surface area contributed by atoms with Crippen LogP contribution in [0.15, 0.2) is 63.8 Å². The molecule has 2 heterocycles. The van der Waals surface area contributed by atoms with Crippen LogP contribution in [-0.2, 0) is 23.9 Å². The number of nitrogens with zero attached hydrogens (tertiary/aromatic N) is 4. The fourth-order valence-corrected chi connectivity index (χ4v) is 4.14. The van der Waals surface area contributed by atoms with Crippen molar-refractivity contribution in [2.45, 2.75) is 52.3 Å².